The lowest BCUT2D eigenvalue weighted by Crippen LogP contribution is -2.08. The van der Waals surface area contributed by atoms with Crippen LogP contribution < -0.4 is 4.74 Å². The number of para-hydroxylation sites is 3. The first-order chi connectivity index (χ1) is 31.2. The van der Waals surface area contributed by atoms with Crippen molar-refractivity contribution in [3.63, 3.8) is 0 Å². The summed E-state index contributed by atoms with van der Waals surface area (Å²) in [4.78, 5) is 15.7. The zero-order valence-electron chi connectivity index (χ0n) is 33.9. The van der Waals surface area contributed by atoms with Crippen molar-refractivity contribution < 1.29 is 9.15 Å². The van der Waals surface area contributed by atoms with E-state index in [9.17, 15) is 0 Å². The van der Waals surface area contributed by atoms with Crippen LogP contribution in [0.2, 0.25) is 0 Å². The highest BCUT2D eigenvalue weighted by atomic mass is 16.5. The second kappa shape index (κ2) is 14.1. The average Bonchev–Trinajstić information content (AvgIpc) is 4.02. The summed E-state index contributed by atoms with van der Waals surface area (Å²) >= 11 is 0. The number of aromatic nitrogens is 4. The van der Waals surface area contributed by atoms with Gasteiger partial charge in [0.1, 0.15) is 22.7 Å². The molecule has 296 valence electrons. The minimum Gasteiger partial charge on any atom is -0.461 e. The van der Waals surface area contributed by atoms with E-state index in [1.165, 1.54) is 5.56 Å². The Bertz CT molecular complexity index is 3620. The van der Waals surface area contributed by atoms with Crippen LogP contribution in [-0.4, -0.2) is 19.5 Å². The zero-order valence-corrected chi connectivity index (χ0v) is 33.9. The Hall–Kier alpha value is -8.35. The summed E-state index contributed by atoms with van der Waals surface area (Å²) in [6, 6.07) is 65.8. The van der Waals surface area contributed by atoms with Crippen LogP contribution in [0.15, 0.2) is 210 Å². The molecule has 6 heteroatoms. The summed E-state index contributed by atoms with van der Waals surface area (Å²) in [6.07, 6.45) is 5.15. The number of ether oxygens (including phenoxy) is 1. The van der Waals surface area contributed by atoms with Gasteiger partial charge in [-0.3, -0.25) is 0 Å². The van der Waals surface area contributed by atoms with Crippen LogP contribution in [-0.2, 0) is 0 Å². The van der Waals surface area contributed by atoms with Crippen LogP contribution in [0.1, 0.15) is 23.7 Å². The fraction of sp³-hybridized carbons (Fsp3) is 0.0351. The summed E-state index contributed by atoms with van der Waals surface area (Å²) in [6.45, 7) is 0. The molecule has 1 atom stereocenters. The second-order valence-electron chi connectivity index (χ2n) is 16.3. The summed E-state index contributed by atoms with van der Waals surface area (Å²) in [7, 11) is 0. The third kappa shape index (κ3) is 5.76. The van der Waals surface area contributed by atoms with Crippen molar-refractivity contribution in [1.82, 2.24) is 19.5 Å². The summed E-state index contributed by atoms with van der Waals surface area (Å²) < 4.78 is 15.3. The van der Waals surface area contributed by atoms with Crippen LogP contribution in [0.4, 0.5) is 0 Å². The monoisotopic (exact) mass is 808 g/mol. The van der Waals surface area contributed by atoms with Gasteiger partial charge in [-0.05, 0) is 66.1 Å². The minimum atomic E-state index is 0.179. The first-order valence-corrected chi connectivity index (χ1v) is 21.4. The minimum absolute atomic E-state index is 0.179. The smallest absolute Gasteiger partial charge is 0.164 e. The number of benzene rings is 8. The Labute approximate surface area is 362 Å². The van der Waals surface area contributed by atoms with Gasteiger partial charge >= 0.3 is 0 Å². The van der Waals surface area contributed by atoms with Gasteiger partial charge in [-0.1, -0.05) is 152 Å². The topological polar surface area (TPSA) is 66.0 Å². The molecule has 13 rings (SSSR count). The molecule has 0 saturated heterocycles. The van der Waals surface area contributed by atoms with Gasteiger partial charge in [0, 0.05) is 60.9 Å². The molecule has 8 aromatic carbocycles. The molecule has 0 bridgehead atoms. The van der Waals surface area contributed by atoms with E-state index in [0.29, 0.717) is 17.5 Å². The standard InChI is InChI=1S/C57H36N4O2/c1-4-16-35(17-5-1)44-30-39(57-59-55(37-20-8-3-9-21-37)58-56(60-57)38-28-29-43-41-23-11-14-26-50(41)62-52(43)32-38)31-45(36-18-6-2-7-19-36)54(44)61-48-25-13-10-22-40(48)46-34-53-47(33-49(46)61)42-24-12-15-27-51(42)63-53/h1-28,30-34,43H,29H2. The number of nitrogens with zero attached hydrogens (tertiary/aromatic N) is 4. The predicted octanol–water partition coefficient (Wildman–Crippen LogP) is 14.4. The predicted molar refractivity (Wildman–Crippen MR) is 254 cm³/mol. The van der Waals surface area contributed by atoms with Crippen molar-refractivity contribution in [3.05, 3.63) is 217 Å². The van der Waals surface area contributed by atoms with Gasteiger partial charge in [0.05, 0.1) is 16.7 Å². The van der Waals surface area contributed by atoms with Crippen LogP contribution in [0.3, 0.4) is 0 Å². The number of fused-ring (bicyclic) bond motifs is 9. The molecule has 0 N–H and O–H groups in total. The van der Waals surface area contributed by atoms with Gasteiger partial charge in [-0.2, -0.15) is 0 Å². The lowest BCUT2D eigenvalue weighted by Gasteiger charge is -2.21. The van der Waals surface area contributed by atoms with Crippen LogP contribution in [0.5, 0.6) is 5.75 Å². The Balaban J connectivity index is 1.09. The van der Waals surface area contributed by atoms with Crippen LogP contribution in [0, 0.1) is 0 Å². The number of hydrogen-bond donors (Lipinski definition) is 0. The molecule has 0 fully saturated rings. The van der Waals surface area contributed by atoms with E-state index in [1.807, 2.05) is 42.5 Å². The van der Waals surface area contributed by atoms with E-state index in [4.69, 9.17) is 24.1 Å². The summed E-state index contributed by atoms with van der Waals surface area (Å²) in [5.74, 6) is 3.82. The van der Waals surface area contributed by atoms with Crippen molar-refractivity contribution in [2.45, 2.75) is 12.3 Å². The van der Waals surface area contributed by atoms with E-state index >= 15 is 0 Å². The maximum Gasteiger partial charge on any atom is 0.164 e. The SMILES string of the molecule is C1=C(c2nc(-c3ccccc3)nc(-c3cc(-c4ccccc4)c(-n4c5ccccc5c5cc6oc7ccccc7c6cc54)c(-c4ccccc4)c3)n2)C=C2Oc3ccccc3C2C1. The molecule has 0 saturated carbocycles. The van der Waals surface area contributed by atoms with Gasteiger partial charge in [0.15, 0.2) is 17.5 Å². The molecular weight excluding hydrogens is 773 g/mol. The molecule has 0 amide bonds. The molecule has 2 aliphatic rings. The maximum atomic E-state index is 6.46. The molecule has 11 aromatic rings. The molecular formula is C57H36N4O2. The Kier molecular flexibility index (Phi) is 7.93. The van der Waals surface area contributed by atoms with E-state index in [2.05, 4.69) is 162 Å². The fourth-order valence-electron chi connectivity index (χ4n) is 9.66. The zero-order chi connectivity index (χ0) is 41.4. The van der Waals surface area contributed by atoms with Crippen molar-refractivity contribution in [1.29, 1.82) is 0 Å². The number of allylic oxidation sites excluding steroid dienone is 4. The normalized spacial score (nSPS) is 14.4. The molecule has 3 aromatic heterocycles. The van der Waals surface area contributed by atoms with Gasteiger partial charge in [0.25, 0.3) is 0 Å². The van der Waals surface area contributed by atoms with E-state index in [0.717, 1.165) is 106 Å². The highest BCUT2D eigenvalue weighted by Gasteiger charge is 2.32. The molecule has 0 radical (unpaired) electrons. The second-order valence-corrected chi connectivity index (χ2v) is 16.3. The third-order valence-electron chi connectivity index (χ3n) is 12.6. The van der Waals surface area contributed by atoms with Crippen molar-refractivity contribution >= 4 is 49.3 Å². The molecule has 0 spiro atoms. The van der Waals surface area contributed by atoms with E-state index in [-0.39, 0.29) is 5.92 Å². The van der Waals surface area contributed by atoms with Crippen molar-refractivity contribution in [2.75, 3.05) is 0 Å². The number of rotatable bonds is 6. The van der Waals surface area contributed by atoms with E-state index < -0.39 is 0 Å². The average molecular weight is 809 g/mol. The Morgan fingerprint density at radius 3 is 1.81 bits per heavy atom. The van der Waals surface area contributed by atoms with Gasteiger partial charge in [0.2, 0.25) is 0 Å². The molecule has 1 aliphatic carbocycles. The van der Waals surface area contributed by atoms with Gasteiger partial charge in [-0.15, -0.1) is 0 Å². The molecule has 1 aliphatic heterocycles. The fourth-order valence-corrected chi connectivity index (χ4v) is 9.66. The lowest BCUT2D eigenvalue weighted by atomic mass is 9.89. The lowest BCUT2D eigenvalue weighted by molar-refractivity contribution is 0.426. The molecule has 63 heavy (non-hydrogen) atoms. The maximum absolute atomic E-state index is 6.46. The van der Waals surface area contributed by atoms with Crippen molar-refractivity contribution in [3.8, 4) is 56.5 Å². The third-order valence-corrected chi connectivity index (χ3v) is 12.6. The van der Waals surface area contributed by atoms with Crippen LogP contribution in [0.25, 0.3) is 100 Å². The Morgan fingerprint density at radius 1 is 0.460 bits per heavy atom. The molecule has 4 heterocycles. The van der Waals surface area contributed by atoms with Gasteiger partial charge in [-0.25, -0.2) is 15.0 Å². The highest BCUT2D eigenvalue weighted by molar-refractivity contribution is 6.17. The highest BCUT2D eigenvalue weighted by Crippen LogP contribution is 2.48. The van der Waals surface area contributed by atoms with E-state index in [1.54, 1.807) is 0 Å². The summed E-state index contributed by atoms with van der Waals surface area (Å²) in [5, 5.41) is 4.45. The number of hydrogen-bond acceptors (Lipinski definition) is 5. The number of furan rings is 1. The quantitative estimate of drug-likeness (QED) is 0.167. The first kappa shape index (κ1) is 35.4. The molecule has 6 nitrogen and oxygen atoms in total. The molecule has 1 unspecified atom stereocenters. The van der Waals surface area contributed by atoms with Gasteiger partial charge < -0.3 is 13.7 Å². The largest absolute Gasteiger partial charge is 0.461 e. The van der Waals surface area contributed by atoms with Crippen LogP contribution >= 0.6 is 0 Å². The summed E-state index contributed by atoms with van der Waals surface area (Å²) in [5.41, 5.74) is 13.2. The Morgan fingerprint density at radius 2 is 1.06 bits per heavy atom. The first-order valence-electron chi connectivity index (χ1n) is 21.4. The van der Waals surface area contributed by atoms with Crippen molar-refractivity contribution in [2.24, 2.45) is 0 Å².